The van der Waals surface area contributed by atoms with Crippen LogP contribution < -0.4 is 10.9 Å². The van der Waals surface area contributed by atoms with Gasteiger partial charge in [-0.2, -0.15) is 0 Å². The molecule has 5 rings (SSSR count). The number of hydrogen-bond donors (Lipinski definition) is 2. The maximum Gasteiger partial charge on any atom is 0.265 e. The lowest BCUT2D eigenvalue weighted by Crippen LogP contribution is -2.54. The highest BCUT2D eigenvalue weighted by molar-refractivity contribution is 5.98. The summed E-state index contributed by atoms with van der Waals surface area (Å²) in [6.07, 6.45) is 1.78. The third kappa shape index (κ3) is 2.04. The molecular weight excluding hydrogens is 302 g/mol. The minimum atomic E-state index is -0.103. The second kappa shape index (κ2) is 5.15. The normalized spacial score (nSPS) is 21.4. The summed E-state index contributed by atoms with van der Waals surface area (Å²) in [5.41, 5.74) is 11.2. The van der Waals surface area contributed by atoms with Gasteiger partial charge in [-0.05, 0) is 23.3 Å². The molecule has 3 aliphatic rings. The van der Waals surface area contributed by atoms with Crippen LogP contribution in [0.5, 0.6) is 0 Å². The number of aliphatic imine (C=N–C) groups is 1. The summed E-state index contributed by atoms with van der Waals surface area (Å²) in [6, 6.07) is 14.2. The molecule has 3 heterocycles. The highest BCUT2D eigenvalue weighted by atomic mass is 16.2. The highest BCUT2D eigenvalue weighted by Crippen LogP contribution is 2.36. The van der Waals surface area contributed by atoms with E-state index in [2.05, 4.69) is 49.9 Å². The fraction of sp³-hybridized carbons (Fsp3) is 0.222. The molecule has 2 N–H and O–H groups in total. The SMILES string of the molecule is O=C1NNC2c3c(cccc31)N=CN2CN1Cc2ccccc2C1. The predicted octanol–water partition coefficient (Wildman–Crippen LogP) is 1.88. The molecule has 120 valence electrons. The average Bonchev–Trinajstić information content (AvgIpc) is 3.02. The Labute approximate surface area is 139 Å². The van der Waals surface area contributed by atoms with Crippen molar-refractivity contribution in [1.29, 1.82) is 0 Å². The fourth-order valence-corrected chi connectivity index (χ4v) is 3.73. The van der Waals surface area contributed by atoms with Crippen LogP contribution in [0, 0.1) is 0 Å². The molecule has 1 unspecified atom stereocenters. The Hall–Kier alpha value is -2.70. The fourth-order valence-electron chi connectivity index (χ4n) is 3.73. The molecule has 0 aliphatic carbocycles. The lowest BCUT2D eigenvalue weighted by atomic mass is 9.99. The molecule has 0 aromatic heterocycles. The smallest absolute Gasteiger partial charge is 0.265 e. The van der Waals surface area contributed by atoms with Gasteiger partial charge in [0.15, 0.2) is 0 Å². The maximum atomic E-state index is 12.1. The third-order valence-electron chi connectivity index (χ3n) is 4.87. The van der Waals surface area contributed by atoms with E-state index in [1.165, 1.54) is 11.1 Å². The van der Waals surface area contributed by atoms with Crippen LogP contribution >= 0.6 is 0 Å². The van der Waals surface area contributed by atoms with Crippen LogP contribution in [0.25, 0.3) is 0 Å². The summed E-state index contributed by atoms with van der Waals surface area (Å²) in [4.78, 5) is 21.1. The van der Waals surface area contributed by atoms with Gasteiger partial charge in [-0.1, -0.05) is 30.3 Å². The molecule has 6 nitrogen and oxygen atoms in total. The van der Waals surface area contributed by atoms with E-state index in [0.29, 0.717) is 5.56 Å². The number of rotatable bonds is 2. The van der Waals surface area contributed by atoms with E-state index >= 15 is 0 Å². The van der Waals surface area contributed by atoms with Gasteiger partial charge < -0.3 is 4.90 Å². The quantitative estimate of drug-likeness (QED) is 0.887. The first-order valence-corrected chi connectivity index (χ1v) is 8.07. The second-order valence-corrected chi connectivity index (χ2v) is 6.40. The van der Waals surface area contributed by atoms with Crippen LogP contribution in [0.1, 0.15) is 33.2 Å². The van der Waals surface area contributed by atoms with Gasteiger partial charge in [-0.25, -0.2) is 10.4 Å². The van der Waals surface area contributed by atoms with E-state index in [1.807, 2.05) is 24.5 Å². The van der Waals surface area contributed by atoms with Crippen molar-refractivity contribution in [2.24, 2.45) is 4.99 Å². The topological polar surface area (TPSA) is 60.0 Å². The first-order chi connectivity index (χ1) is 11.8. The van der Waals surface area contributed by atoms with Gasteiger partial charge in [0.25, 0.3) is 5.91 Å². The Morgan fingerprint density at radius 2 is 1.88 bits per heavy atom. The Morgan fingerprint density at radius 1 is 1.08 bits per heavy atom. The predicted molar refractivity (Wildman–Crippen MR) is 90.3 cm³/mol. The molecule has 0 spiro atoms. The molecule has 2 aromatic rings. The summed E-state index contributed by atoms with van der Waals surface area (Å²) < 4.78 is 0. The molecule has 3 aliphatic heterocycles. The first kappa shape index (κ1) is 13.7. The van der Waals surface area contributed by atoms with Crippen molar-refractivity contribution in [2.45, 2.75) is 19.3 Å². The van der Waals surface area contributed by atoms with Gasteiger partial charge in [0.2, 0.25) is 0 Å². The van der Waals surface area contributed by atoms with E-state index in [-0.39, 0.29) is 12.1 Å². The lowest BCUT2D eigenvalue weighted by molar-refractivity contribution is 0.0823. The molecule has 1 amide bonds. The van der Waals surface area contributed by atoms with Gasteiger partial charge in [-0.15, -0.1) is 0 Å². The number of nitrogens with zero attached hydrogens (tertiary/aromatic N) is 3. The zero-order valence-electron chi connectivity index (χ0n) is 13.1. The van der Waals surface area contributed by atoms with Crippen molar-refractivity contribution >= 4 is 17.9 Å². The van der Waals surface area contributed by atoms with Gasteiger partial charge in [0.05, 0.1) is 18.7 Å². The molecular formula is C18H17N5O. The van der Waals surface area contributed by atoms with E-state index in [0.717, 1.165) is 31.0 Å². The van der Waals surface area contributed by atoms with Crippen molar-refractivity contribution in [1.82, 2.24) is 20.7 Å². The van der Waals surface area contributed by atoms with Crippen molar-refractivity contribution in [3.8, 4) is 0 Å². The van der Waals surface area contributed by atoms with E-state index in [9.17, 15) is 4.79 Å². The van der Waals surface area contributed by atoms with Crippen LogP contribution in [0.15, 0.2) is 47.5 Å². The van der Waals surface area contributed by atoms with Crippen molar-refractivity contribution in [2.75, 3.05) is 6.67 Å². The number of carbonyl (C=O) groups excluding carboxylic acids is 1. The average molecular weight is 319 g/mol. The van der Waals surface area contributed by atoms with E-state index < -0.39 is 0 Å². The van der Waals surface area contributed by atoms with Crippen molar-refractivity contribution in [3.63, 3.8) is 0 Å². The number of hydrazine groups is 1. The van der Waals surface area contributed by atoms with Gasteiger partial charge >= 0.3 is 0 Å². The summed E-state index contributed by atoms with van der Waals surface area (Å²) in [5, 5.41) is 0. The summed E-state index contributed by atoms with van der Waals surface area (Å²) >= 11 is 0. The molecule has 24 heavy (non-hydrogen) atoms. The van der Waals surface area contributed by atoms with Crippen LogP contribution in [-0.4, -0.2) is 28.7 Å². The van der Waals surface area contributed by atoms with Crippen molar-refractivity contribution < 1.29 is 4.79 Å². The largest absolute Gasteiger partial charge is 0.328 e. The van der Waals surface area contributed by atoms with Crippen LogP contribution in [0.3, 0.4) is 0 Å². The third-order valence-corrected chi connectivity index (χ3v) is 4.87. The number of carbonyl (C=O) groups is 1. The standard InChI is InChI=1S/C18H17N5O/c24-18-14-6-3-7-15-16(14)17(20-21-18)23(10-19-15)11-22-8-12-4-1-2-5-13(12)9-22/h1-7,10,17,20H,8-9,11H2,(H,21,24). The minimum Gasteiger partial charge on any atom is -0.328 e. The van der Waals surface area contributed by atoms with Gasteiger partial charge in [-0.3, -0.25) is 15.1 Å². The van der Waals surface area contributed by atoms with Crippen LogP contribution in [0.4, 0.5) is 5.69 Å². The molecule has 1 atom stereocenters. The molecule has 0 saturated carbocycles. The molecule has 0 radical (unpaired) electrons. The molecule has 0 bridgehead atoms. The number of fused-ring (bicyclic) bond motifs is 1. The van der Waals surface area contributed by atoms with E-state index in [4.69, 9.17) is 0 Å². The number of amides is 1. The zero-order valence-corrected chi connectivity index (χ0v) is 13.1. The lowest BCUT2D eigenvalue weighted by Gasteiger charge is -2.39. The Kier molecular flexibility index (Phi) is 2.95. The summed E-state index contributed by atoms with van der Waals surface area (Å²) in [6.45, 7) is 2.63. The molecule has 6 heteroatoms. The van der Waals surface area contributed by atoms with Gasteiger partial charge in [0, 0.05) is 24.2 Å². The number of nitrogens with one attached hydrogen (secondary N) is 2. The van der Waals surface area contributed by atoms with E-state index in [1.54, 1.807) is 0 Å². The zero-order chi connectivity index (χ0) is 16.1. The maximum absolute atomic E-state index is 12.1. The first-order valence-electron chi connectivity index (χ1n) is 8.07. The summed E-state index contributed by atoms with van der Waals surface area (Å²) in [7, 11) is 0. The summed E-state index contributed by atoms with van der Waals surface area (Å²) in [5.74, 6) is -0.103. The molecule has 0 saturated heterocycles. The highest BCUT2D eigenvalue weighted by Gasteiger charge is 2.34. The van der Waals surface area contributed by atoms with Crippen LogP contribution in [0.2, 0.25) is 0 Å². The van der Waals surface area contributed by atoms with Gasteiger partial charge in [0.1, 0.15) is 6.17 Å². The van der Waals surface area contributed by atoms with Crippen molar-refractivity contribution in [3.05, 3.63) is 64.7 Å². The Balaban J connectivity index is 1.42. The number of benzene rings is 2. The number of hydrogen-bond acceptors (Lipinski definition) is 5. The van der Waals surface area contributed by atoms with Crippen LogP contribution in [-0.2, 0) is 13.1 Å². The Morgan fingerprint density at radius 3 is 2.67 bits per heavy atom. The minimum absolute atomic E-state index is 0.0879. The monoisotopic (exact) mass is 319 g/mol. The second-order valence-electron chi connectivity index (χ2n) is 6.40. The molecule has 0 fully saturated rings. The Bertz CT molecular complexity index is 837. The molecule has 2 aromatic carbocycles.